The zero-order chi connectivity index (χ0) is 24.3. The molecule has 0 atom stereocenters. The first-order valence-corrected chi connectivity index (χ1v) is 10.2. The van der Waals surface area contributed by atoms with E-state index < -0.39 is 29.3 Å². The fourth-order valence-electron chi connectivity index (χ4n) is 3.39. The average molecular weight is 469 g/mol. The van der Waals surface area contributed by atoms with Gasteiger partial charge < -0.3 is 15.2 Å². The lowest BCUT2D eigenvalue weighted by molar-refractivity contribution is -0.137. The first kappa shape index (κ1) is 23.0. The predicted molar refractivity (Wildman–Crippen MR) is 119 cm³/mol. The van der Waals surface area contributed by atoms with Crippen molar-refractivity contribution in [2.45, 2.75) is 19.5 Å². The lowest BCUT2D eigenvalue weighted by atomic mass is 10.1. The van der Waals surface area contributed by atoms with Crippen molar-refractivity contribution in [3.8, 4) is 5.69 Å². The number of hydrogen-bond acceptors (Lipinski definition) is 3. The van der Waals surface area contributed by atoms with Gasteiger partial charge in [0.15, 0.2) is 0 Å². The minimum absolute atomic E-state index is 0.421. The Morgan fingerprint density at radius 1 is 0.971 bits per heavy atom. The Bertz CT molecular complexity index is 1320. The summed E-state index contributed by atoms with van der Waals surface area (Å²) in [7, 11) is 0. The van der Waals surface area contributed by atoms with Gasteiger partial charge in [0.1, 0.15) is 11.6 Å². The minimum atomic E-state index is -4.66. The van der Waals surface area contributed by atoms with Gasteiger partial charge in [-0.3, -0.25) is 4.98 Å². The van der Waals surface area contributed by atoms with Gasteiger partial charge in [-0.25, -0.2) is 14.2 Å². The Morgan fingerprint density at radius 3 is 2.41 bits per heavy atom. The van der Waals surface area contributed by atoms with Crippen molar-refractivity contribution in [2.24, 2.45) is 0 Å². The molecule has 0 aliphatic carbocycles. The van der Waals surface area contributed by atoms with Gasteiger partial charge in [-0.15, -0.1) is 0 Å². The van der Waals surface area contributed by atoms with Crippen molar-refractivity contribution in [1.29, 1.82) is 0 Å². The van der Waals surface area contributed by atoms with E-state index >= 15 is 0 Å². The molecule has 10 heteroatoms. The summed E-state index contributed by atoms with van der Waals surface area (Å²) in [5, 5.41) is 4.67. The second kappa shape index (κ2) is 9.34. The van der Waals surface area contributed by atoms with Crippen LogP contribution in [0.5, 0.6) is 0 Å². The quantitative estimate of drug-likeness (QED) is 0.354. The van der Waals surface area contributed by atoms with Crippen LogP contribution in [0.4, 0.5) is 33.7 Å². The number of hydrogen-bond donors (Lipinski definition) is 2. The molecular formula is C24H19F4N5O. The molecule has 34 heavy (non-hydrogen) atoms. The highest BCUT2D eigenvalue weighted by atomic mass is 19.4. The Labute approximate surface area is 192 Å². The van der Waals surface area contributed by atoms with Crippen LogP contribution >= 0.6 is 0 Å². The Hall–Kier alpha value is -4.21. The van der Waals surface area contributed by atoms with E-state index in [0.717, 1.165) is 17.1 Å². The molecule has 0 bridgehead atoms. The number of halogens is 4. The molecule has 0 spiro atoms. The highest BCUT2D eigenvalue weighted by Gasteiger charge is 2.31. The first-order valence-electron chi connectivity index (χ1n) is 10.2. The summed E-state index contributed by atoms with van der Waals surface area (Å²) >= 11 is 0. The van der Waals surface area contributed by atoms with Crippen LogP contribution in [0.15, 0.2) is 73.3 Å². The van der Waals surface area contributed by atoms with E-state index in [1.54, 1.807) is 37.6 Å². The number of alkyl halides is 3. The summed E-state index contributed by atoms with van der Waals surface area (Å²) in [5.41, 5.74) is 1.35. The van der Waals surface area contributed by atoms with Crippen LogP contribution in [0.25, 0.3) is 5.69 Å². The molecule has 0 saturated heterocycles. The van der Waals surface area contributed by atoms with Gasteiger partial charge >= 0.3 is 12.2 Å². The predicted octanol–water partition coefficient (Wildman–Crippen LogP) is 5.97. The largest absolute Gasteiger partial charge is 0.416 e. The molecule has 174 valence electrons. The summed E-state index contributed by atoms with van der Waals surface area (Å²) in [6.45, 7) is 1.77. The van der Waals surface area contributed by atoms with E-state index in [-0.39, 0.29) is 0 Å². The lowest BCUT2D eigenvalue weighted by Gasteiger charge is -2.14. The lowest BCUT2D eigenvalue weighted by Crippen LogP contribution is -2.21. The highest BCUT2D eigenvalue weighted by molar-refractivity contribution is 6.00. The van der Waals surface area contributed by atoms with Crippen molar-refractivity contribution in [1.82, 2.24) is 14.5 Å². The van der Waals surface area contributed by atoms with E-state index in [1.807, 2.05) is 29.0 Å². The van der Waals surface area contributed by atoms with Gasteiger partial charge in [0.25, 0.3) is 0 Å². The summed E-state index contributed by atoms with van der Waals surface area (Å²) in [5.74, 6) is -0.166. The van der Waals surface area contributed by atoms with Gasteiger partial charge in [-0.2, -0.15) is 13.2 Å². The number of rotatable bonds is 5. The standard InChI is InChI=1S/C24H19F4N5O/c1-15-12-18(33-11-10-30-22(33)13-16-6-8-29-9-7-16)3-5-20(15)31-23(34)32-21-14-17(24(26,27)28)2-4-19(21)25/h2-12,14H,13H2,1H3,(H2,31,32,34). The van der Waals surface area contributed by atoms with E-state index in [1.165, 1.54) is 0 Å². The van der Waals surface area contributed by atoms with Crippen LogP contribution < -0.4 is 10.6 Å². The smallest absolute Gasteiger partial charge is 0.307 e. The molecule has 0 unspecified atom stereocenters. The molecule has 2 aromatic heterocycles. The number of aryl methyl sites for hydroxylation is 1. The minimum Gasteiger partial charge on any atom is -0.307 e. The second-order valence-corrected chi connectivity index (χ2v) is 7.52. The van der Waals surface area contributed by atoms with Gasteiger partial charge in [0.05, 0.1) is 11.3 Å². The van der Waals surface area contributed by atoms with E-state index in [9.17, 15) is 22.4 Å². The molecule has 4 rings (SSSR count). The van der Waals surface area contributed by atoms with Crippen LogP contribution in [0.1, 0.15) is 22.5 Å². The third kappa shape index (κ3) is 5.22. The normalized spacial score (nSPS) is 11.3. The van der Waals surface area contributed by atoms with Crippen LogP contribution in [-0.2, 0) is 12.6 Å². The molecule has 4 aromatic rings. The molecule has 0 radical (unpaired) electrons. The number of amides is 2. The van der Waals surface area contributed by atoms with E-state index in [4.69, 9.17) is 0 Å². The number of imidazole rings is 1. The van der Waals surface area contributed by atoms with Gasteiger partial charge in [-0.1, -0.05) is 0 Å². The SMILES string of the molecule is Cc1cc(-n2ccnc2Cc2ccncc2)ccc1NC(=O)Nc1cc(C(F)(F)F)ccc1F. The molecule has 0 fully saturated rings. The average Bonchev–Trinajstić information content (AvgIpc) is 3.24. The van der Waals surface area contributed by atoms with Crippen molar-refractivity contribution in [2.75, 3.05) is 10.6 Å². The summed E-state index contributed by atoms with van der Waals surface area (Å²) in [6.07, 6.45) is 2.87. The molecule has 2 N–H and O–H groups in total. The Morgan fingerprint density at radius 2 is 1.71 bits per heavy atom. The number of anilines is 2. The van der Waals surface area contributed by atoms with Crippen molar-refractivity contribution in [3.63, 3.8) is 0 Å². The molecule has 2 heterocycles. The molecule has 0 aliphatic heterocycles. The number of benzene rings is 2. The van der Waals surface area contributed by atoms with Crippen LogP contribution in [-0.4, -0.2) is 20.6 Å². The number of nitrogens with one attached hydrogen (secondary N) is 2. The molecule has 0 saturated carbocycles. The molecular weight excluding hydrogens is 450 g/mol. The Kier molecular flexibility index (Phi) is 6.31. The topological polar surface area (TPSA) is 71.8 Å². The van der Waals surface area contributed by atoms with Crippen LogP contribution in [0, 0.1) is 12.7 Å². The van der Waals surface area contributed by atoms with E-state index in [0.29, 0.717) is 35.9 Å². The van der Waals surface area contributed by atoms with E-state index in [2.05, 4.69) is 20.6 Å². The van der Waals surface area contributed by atoms with Crippen LogP contribution in [0.3, 0.4) is 0 Å². The fraction of sp³-hybridized carbons (Fsp3) is 0.125. The molecule has 2 aromatic carbocycles. The summed E-state index contributed by atoms with van der Waals surface area (Å²) in [6, 6.07) is 10.0. The Balaban J connectivity index is 1.49. The number of aromatic nitrogens is 3. The number of carbonyl (C=O) groups excluding carboxylic acids is 1. The summed E-state index contributed by atoms with van der Waals surface area (Å²) in [4.78, 5) is 20.8. The fourth-order valence-corrected chi connectivity index (χ4v) is 3.39. The van der Waals surface area contributed by atoms with Gasteiger partial charge in [0, 0.05) is 42.6 Å². The zero-order valence-corrected chi connectivity index (χ0v) is 17.9. The third-order valence-electron chi connectivity index (χ3n) is 5.11. The number of nitrogens with zero attached hydrogens (tertiary/aromatic N) is 3. The zero-order valence-electron chi connectivity index (χ0n) is 17.9. The summed E-state index contributed by atoms with van der Waals surface area (Å²) < 4.78 is 54.5. The number of pyridine rings is 1. The molecule has 0 aliphatic rings. The maximum absolute atomic E-state index is 13.9. The van der Waals surface area contributed by atoms with Crippen molar-refractivity contribution >= 4 is 17.4 Å². The maximum Gasteiger partial charge on any atom is 0.416 e. The van der Waals surface area contributed by atoms with Crippen molar-refractivity contribution < 1.29 is 22.4 Å². The number of urea groups is 1. The third-order valence-corrected chi connectivity index (χ3v) is 5.11. The monoisotopic (exact) mass is 469 g/mol. The highest BCUT2D eigenvalue weighted by Crippen LogP contribution is 2.32. The first-order chi connectivity index (χ1) is 16.2. The van der Waals surface area contributed by atoms with Crippen LogP contribution in [0.2, 0.25) is 0 Å². The molecule has 6 nitrogen and oxygen atoms in total. The second-order valence-electron chi connectivity index (χ2n) is 7.52. The number of carbonyl (C=O) groups is 1. The van der Waals surface area contributed by atoms with Gasteiger partial charge in [0.2, 0.25) is 0 Å². The van der Waals surface area contributed by atoms with Gasteiger partial charge in [-0.05, 0) is 66.6 Å². The molecule has 2 amide bonds. The van der Waals surface area contributed by atoms with Crippen molar-refractivity contribution in [3.05, 3.63) is 102 Å². The maximum atomic E-state index is 13.9.